The third kappa shape index (κ3) is 2.18. The van der Waals surface area contributed by atoms with Gasteiger partial charge in [-0.1, -0.05) is 12.1 Å². The summed E-state index contributed by atoms with van der Waals surface area (Å²) in [5.41, 5.74) is 3.32. The van der Waals surface area contributed by atoms with Gasteiger partial charge in [-0.05, 0) is 32.4 Å². The van der Waals surface area contributed by atoms with Crippen molar-refractivity contribution < 1.29 is 4.74 Å². The van der Waals surface area contributed by atoms with Gasteiger partial charge in [-0.15, -0.1) is 0 Å². The molecule has 80 valence electrons. The largest absolute Gasteiger partial charge is 0.371 e. The van der Waals surface area contributed by atoms with Gasteiger partial charge in [0.2, 0.25) is 0 Å². The second-order valence-electron chi connectivity index (χ2n) is 4.01. The molecule has 0 saturated heterocycles. The van der Waals surface area contributed by atoms with Crippen LogP contribution in [0, 0.1) is 6.92 Å². The highest BCUT2D eigenvalue weighted by molar-refractivity contribution is 5.78. The van der Waals surface area contributed by atoms with Crippen LogP contribution in [0.1, 0.15) is 25.2 Å². The summed E-state index contributed by atoms with van der Waals surface area (Å²) in [6.45, 7) is 6.66. The number of fused-ring (bicyclic) bond motifs is 1. The average Bonchev–Trinajstić information content (AvgIpc) is 2.59. The predicted molar refractivity (Wildman–Crippen MR) is 60.8 cm³/mol. The molecule has 15 heavy (non-hydrogen) atoms. The molecule has 3 heteroatoms. The van der Waals surface area contributed by atoms with Crippen LogP contribution < -0.4 is 0 Å². The fourth-order valence-corrected chi connectivity index (χ4v) is 1.54. The Kier molecular flexibility index (Phi) is 2.73. The molecule has 0 spiro atoms. The number of H-pyrrole nitrogens is 1. The smallest absolute Gasteiger partial charge is 0.133 e. The van der Waals surface area contributed by atoms with Crippen LogP contribution in [0.3, 0.4) is 0 Å². The molecule has 2 rings (SSSR count). The summed E-state index contributed by atoms with van der Waals surface area (Å²) < 4.78 is 5.50. The van der Waals surface area contributed by atoms with Crippen molar-refractivity contribution in [1.82, 2.24) is 9.97 Å². The molecule has 0 aliphatic heterocycles. The van der Waals surface area contributed by atoms with Gasteiger partial charge in [-0.2, -0.15) is 0 Å². The first-order valence-electron chi connectivity index (χ1n) is 5.22. The van der Waals surface area contributed by atoms with E-state index in [0.717, 1.165) is 16.9 Å². The van der Waals surface area contributed by atoms with E-state index in [-0.39, 0.29) is 6.10 Å². The number of nitrogens with zero attached hydrogens (tertiary/aromatic N) is 1. The number of imidazole rings is 1. The number of rotatable bonds is 3. The minimum Gasteiger partial charge on any atom is -0.371 e. The minimum atomic E-state index is 0.235. The third-order valence-electron chi connectivity index (χ3n) is 2.32. The summed E-state index contributed by atoms with van der Waals surface area (Å²) in [7, 11) is 0. The number of aromatic nitrogens is 2. The Morgan fingerprint density at radius 2 is 2.20 bits per heavy atom. The highest BCUT2D eigenvalue weighted by Gasteiger charge is 2.05. The molecule has 0 aliphatic rings. The van der Waals surface area contributed by atoms with Crippen molar-refractivity contribution in [1.29, 1.82) is 0 Å². The Bertz CT molecular complexity index is 460. The van der Waals surface area contributed by atoms with E-state index in [1.807, 2.05) is 26.0 Å². The Hall–Kier alpha value is -1.35. The van der Waals surface area contributed by atoms with Gasteiger partial charge in [0.25, 0.3) is 0 Å². The van der Waals surface area contributed by atoms with E-state index < -0.39 is 0 Å². The number of hydrogen-bond acceptors (Lipinski definition) is 2. The van der Waals surface area contributed by atoms with Crippen molar-refractivity contribution >= 4 is 11.0 Å². The fraction of sp³-hybridized carbons (Fsp3) is 0.417. The van der Waals surface area contributed by atoms with Gasteiger partial charge in [0.15, 0.2) is 0 Å². The van der Waals surface area contributed by atoms with Gasteiger partial charge in [0.05, 0.1) is 17.1 Å². The predicted octanol–water partition coefficient (Wildman–Crippen LogP) is 2.80. The van der Waals surface area contributed by atoms with Gasteiger partial charge in [-0.3, -0.25) is 0 Å². The molecule has 0 atom stereocenters. The SMILES string of the molecule is Cc1cccc2[nH]c(COC(C)C)nc12. The highest BCUT2D eigenvalue weighted by Crippen LogP contribution is 2.15. The first-order chi connectivity index (χ1) is 7.16. The first kappa shape index (κ1) is 10.2. The molecule has 2 aromatic rings. The topological polar surface area (TPSA) is 37.9 Å². The van der Waals surface area contributed by atoms with Crippen LogP contribution >= 0.6 is 0 Å². The Labute approximate surface area is 89.5 Å². The number of aromatic amines is 1. The van der Waals surface area contributed by atoms with Gasteiger partial charge < -0.3 is 9.72 Å². The maximum atomic E-state index is 5.50. The second-order valence-corrected chi connectivity index (χ2v) is 4.01. The molecule has 1 heterocycles. The van der Waals surface area contributed by atoms with Crippen molar-refractivity contribution in [2.45, 2.75) is 33.5 Å². The van der Waals surface area contributed by atoms with Crippen LogP contribution in [0.2, 0.25) is 0 Å². The molecule has 1 N–H and O–H groups in total. The zero-order chi connectivity index (χ0) is 10.8. The molecule has 0 aliphatic carbocycles. The molecular weight excluding hydrogens is 188 g/mol. The standard InChI is InChI=1S/C12H16N2O/c1-8(2)15-7-11-13-10-6-4-5-9(3)12(10)14-11/h4-6,8H,7H2,1-3H3,(H,13,14). The Morgan fingerprint density at radius 1 is 1.40 bits per heavy atom. The van der Waals surface area contributed by atoms with E-state index in [1.165, 1.54) is 5.56 Å². The van der Waals surface area contributed by atoms with Crippen LogP contribution in [-0.2, 0) is 11.3 Å². The summed E-state index contributed by atoms with van der Waals surface area (Å²) >= 11 is 0. The number of hydrogen-bond donors (Lipinski definition) is 1. The molecule has 0 fully saturated rings. The van der Waals surface area contributed by atoms with Crippen molar-refractivity contribution in [2.24, 2.45) is 0 Å². The van der Waals surface area contributed by atoms with Crippen LogP contribution in [0.4, 0.5) is 0 Å². The second kappa shape index (κ2) is 4.03. The molecule has 0 unspecified atom stereocenters. The fourth-order valence-electron chi connectivity index (χ4n) is 1.54. The van der Waals surface area contributed by atoms with E-state index in [9.17, 15) is 0 Å². The molecule has 0 bridgehead atoms. The lowest BCUT2D eigenvalue weighted by molar-refractivity contribution is 0.0618. The lowest BCUT2D eigenvalue weighted by atomic mass is 10.2. The van der Waals surface area contributed by atoms with Gasteiger partial charge >= 0.3 is 0 Å². The maximum Gasteiger partial charge on any atom is 0.133 e. The minimum absolute atomic E-state index is 0.235. The highest BCUT2D eigenvalue weighted by atomic mass is 16.5. The molecule has 1 aromatic carbocycles. The number of aryl methyl sites for hydroxylation is 1. The zero-order valence-corrected chi connectivity index (χ0v) is 9.37. The summed E-state index contributed by atoms with van der Waals surface area (Å²) in [5.74, 6) is 0.896. The monoisotopic (exact) mass is 204 g/mol. The van der Waals surface area contributed by atoms with Crippen LogP contribution in [-0.4, -0.2) is 16.1 Å². The third-order valence-corrected chi connectivity index (χ3v) is 2.32. The van der Waals surface area contributed by atoms with E-state index >= 15 is 0 Å². The molecule has 3 nitrogen and oxygen atoms in total. The Morgan fingerprint density at radius 3 is 2.87 bits per heavy atom. The van der Waals surface area contributed by atoms with E-state index in [1.54, 1.807) is 0 Å². The molecule has 0 radical (unpaired) electrons. The van der Waals surface area contributed by atoms with Crippen LogP contribution in [0.25, 0.3) is 11.0 Å². The van der Waals surface area contributed by atoms with Gasteiger partial charge in [0, 0.05) is 0 Å². The van der Waals surface area contributed by atoms with Crippen LogP contribution in [0.15, 0.2) is 18.2 Å². The quantitative estimate of drug-likeness (QED) is 0.834. The van der Waals surface area contributed by atoms with E-state index in [4.69, 9.17) is 4.74 Å². The zero-order valence-electron chi connectivity index (χ0n) is 9.37. The number of ether oxygens (including phenoxy) is 1. The number of para-hydroxylation sites is 1. The summed E-state index contributed by atoms with van der Waals surface area (Å²) in [5, 5.41) is 0. The van der Waals surface area contributed by atoms with Crippen molar-refractivity contribution in [3.8, 4) is 0 Å². The van der Waals surface area contributed by atoms with Crippen molar-refractivity contribution in [3.63, 3.8) is 0 Å². The maximum absolute atomic E-state index is 5.50. The molecule has 0 saturated carbocycles. The first-order valence-corrected chi connectivity index (χ1v) is 5.22. The summed E-state index contributed by atoms with van der Waals surface area (Å²) in [6, 6.07) is 6.13. The lowest BCUT2D eigenvalue weighted by Crippen LogP contribution is -2.03. The lowest BCUT2D eigenvalue weighted by Gasteiger charge is -2.03. The summed E-state index contributed by atoms with van der Waals surface area (Å²) in [4.78, 5) is 7.76. The normalized spacial score (nSPS) is 11.5. The van der Waals surface area contributed by atoms with Gasteiger partial charge in [0.1, 0.15) is 12.4 Å². The van der Waals surface area contributed by atoms with Crippen molar-refractivity contribution in [3.05, 3.63) is 29.6 Å². The van der Waals surface area contributed by atoms with Crippen molar-refractivity contribution in [2.75, 3.05) is 0 Å². The summed E-state index contributed by atoms with van der Waals surface area (Å²) in [6.07, 6.45) is 0.235. The molecule has 0 amide bonds. The van der Waals surface area contributed by atoms with E-state index in [0.29, 0.717) is 6.61 Å². The number of nitrogens with one attached hydrogen (secondary N) is 1. The molecule has 1 aromatic heterocycles. The molecular formula is C12H16N2O. The van der Waals surface area contributed by atoms with E-state index in [2.05, 4.69) is 23.0 Å². The average molecular weight is 204 g/mol. The van der Waals surface area contributed by atoms with Gasteiger partial charge in [-0.25, -0.2) is 4.98 Å². The number of benzene rings is 1. The Balaban J connectivity index is 2.27. The van der Waals surface area contributed by atoms with Crippen LogP contribution in [0.5, 0.6) is 0 Å².